The normalized spacial score (nSPS) is 21.1. The van der Waals surface area contributed by atoms with Gasteiger partial charge in [0.2, 0.25) is 5.91 Å². The van der Waals surface area contributed by atoms with Crippen molar-refractivity contribution in [3.63, 3.8) is 0 Å². The molecule has 0 aromatic heterocycles. The van der Waals surface area contributed by atoms with Crippen LogP contribution in [0.4, 0.5) is 0 Å². The van der Waals surface area contributed by atoms with E-state index in [-0.39, 0.29) is 12.3 Å². The Balaban J connectivity index is 2.09. The van der Waals surface area contributed by atoms with Crippen molar-refractivity contribution in [3.8, 4) is 0 Å². The molecule has 1 aliphatic rings. The first-order chi connectivity index (χ1) is 34.4. The summed E-state index contributed by atoms with van der Waals surface area (Å²) in [5.74, 6) is -0.303. The second-order valence-corrected chi connectivity index (χ2v) is 23.3. The SMILES string of the molecule is CCCCCCCCCCCCCCCCCCCCCCCCCCCCCCCCCCCCCC(=O)N[C@@H](COP(=O)(O)OC1C(O)C(O)C(O)[C@@H](O)C1O)[C@H](O)CCCCCCCCCCC. The Morgan fingerprint density at radius 3 is 0.972 bits per heavy atom. The van der Waals surface area contributed by atoms with Gasteiger partial charge in [-0.3, -0.25) is 13.8 Å². The Hall–Kier alpha value is -0.660. The van der Waals surface area contributed by atoms with Gasteiger partial charge in [0.25, 0.3) is 0 Å². The first-order valence-electron chi connectivity index (χ1n) is 30.5. The number of carbonyl (C=O) groups is 1. The lowest BCUT2D eigenvalue weighted by Gasteiger charge is -2.41. The number of unbranched alkanes of at least 4 members (excludes halogenated alkanes) is 42. The summed E-state index contributed by atoms with van der Waals surface area (Å²) in [5.41, 5.74) is 0. The van der Waals surface area contributed by atoms with E-state index >= 15 is 0 Å². The molecule has 13 heteroatoms. The molecule has 0 aromatic rings. The molecule has 1 rings (SSSR count). The third-order valence-corrected chi connectivity index (χ3v) is 16.2. The first kappa shape index (κ1) is 68.4. The number of hydrogen-bond donors (Lipinski definition) is 8. The summed E-state index contributed by atoms with van der Waals surface area (Å²) in [6.07, 6.45) is 44.9. The van der Waals surface area contributed by atoms with Crippen LogP contribution in [-0.4, -0.2) is 96.8 Å². The van der Waals surface area contributed by atoms with Gasteiger partial charge in [0.1, 0.15) is 36.6 Å². The van der Waals surface area contributed by atoms with Crippen LogP contribution in [-0.2, 0) is 18.4 Å². The minimum absolute atomic E-state index is 0.243. The van der Waals surface area contributed by atoms with Crippen LogP contribution in [0.15, 0.2) is 0 Å². The van der Waals surface area contributed by atoms with Gasteiger partial charge in [0.15, 0.2) is 0 Å². The van der Waals surface area contributed by atoms with Crippen molar-refractivity contribution >= 4 is 13.7 Å². The van der Waals surface area contributed by atoms with Crippen molar-refractivity contribution in [3.05, 3.63) is 0 Å². The second-order valence-electron chi connectivity index (χ2n) is 21.9. The fraction of sp³-hybridized carbons (Fsp3) is 0.983. The summed E-state index contributed by atoms with van der Waals surface area (Å²) in [6.45, 7) is 3.90. The Morgan fingerprint density at radius 1 is 0.423 bits per heavy atom. The molecule has 0 saturated heterocycles. The van der Waals surface area contributed by atoms with E-state index in [0.717, 1.165) is 38.5 Å². The van der Waals surface area contributed by atoms with Crippen molar-refractivity contribution < 1.29 is 53.9 Å². The van der Waals surface area contributed by atoms with E-state index in [0.29, 0.717) is 19.3 Å². The van der Waals surface area contributed by atoms with E-state index in [2.05, 4.69) is 19.2 Å². The number of hydrogen-bond acceptors (Lipinski definition) is 10. The fourth-order valence-corrected chi connectivity index (χ4v) is 11.2. The lowest BCUT2D eigenvalue weighted by Crippen LogP contribution is -2.64. The van der Waals surface area contributed by atoms with Gasteiger partial charge in [-0.1, -0.05) is 290 Å². The molecule has 1 fully saturated rings. The highest BCUT2D eigenvalue weighted by atomic mass is 31.2. The van der Waals surface area contributed by atoms with Gasteiger partial charge in [-0.2, -0.15) is 0 Å². The molecule has 0 aromatic carbocycles. The van der Waals surface area contributed by atoms with Gasteiger partial charge in [-0.25, -0.2) is 4.57 Å². The lowest BCUT2D eigenvalue weighted by atomic mass is 9.85. The molecule has 1 saturated carbocycles. The number of phosphoric acid groups is 1. The quantitative estimate of drug-likeness (QED) is 0.0212. The predicted molar refractivity (Wildman–Crippen MR) is 292 cm³/mol. The molecule has 71 heavy (non-hydrogen) atoms. The van der Waals surface area contributed by atoms with Crippen molar-refractivity contribution in [1.82, 2.24) is 5.32 Å². The van der Waals surface area contributed by atoms with E-state index < -0.39 is 63.2 Å². The third-order valence-electron chi connectivity index (χ3n) is 15.2. The number of carbonyl (C=O) groups excluding carboxylic acids is 1. The minimum Gasteiger partial charge on any atom is -0.391 e. The molecule has 6 unspecified atom stereocenters. The smallest absolute Gasteiger partial charge is 0.391 e. The highest BCUT2D eigenvalue weighted by Gasteiger charge is 2.51. The van der Waals surface area contributed by atoms with E-state index in [1.54, 1.807) is 0 Å². The highest BCUT2D eigenvalue weighted by molar-refractivity contribution is 7.47. The van der Waals surface area contributed by atoms with Crippen LogP contribution < -0.4 is 5.32 Å². The van der Waals surface area contributed by atoms with Crippen LogP contribution in [0.25, 0.3) is 0 Å². The number of aliphatic hydroxyl groups excluding tert-OH is 6. The summed E-state index contributed by atoms with van der Waals surface area (Å²) in [5, 5.41) is 64.2. The van der Waals surface area contributed by atoms with E-state index in [9.17, 15) is 44.9 Å². The number of rotatable bonds is 53. The van der Waals surface area contributed by atoms with Crippen molar-refractivity contribution in [2.75, 3.05) is 6.61 Å². The number of nitrogens with one attached hydrogen (secondary N) is 1. The Morgan fingerprint density at radius 2 is 0.676 bits per heavy atom. The lowest BCUT2D eigenvalue weighted by molar-refractivity contribution is -0.220. The maximum absolute atomic E-state index is 13.0. The summed E-state index contributed by atoms with van der Waals surface area (Å²) in [6, 6.07) is -1.03. The number of aliphatic hydroxyl groups is 6. The van der Waals surface area contributed by atoms with Gasteiger partial charge >= 0.3 is 7.82 Å². The Kier molecular flexibility index (Phi) is 46.0. The maximum Gasteiger partial charge on any atom is 0.472 e. The molecular weight excluding hydrogens is 918 g/mol. The van der Waals surface area contributed by atoms with Crippen LogP contribution in [0.1, 0.15) is 309 Å². The average molecular weight is 1030 g/mol. The van der Waals surface area contributed by atoms with Gasteiger partial charge in [0, 0.05) is 6.42 Å². The standard InChI is InChI=1S/C58H116NO11P/c1-3-5-7-9-11-13-14-15-16-17-18-19-20-21-22-23-24-25-26-27-28-29-30-31-32-33-34-35-36-37-38-40-42-44-46-48-52(61)59-50(51(60)47-45-43-41-39-12-10-8-6-4-2)49-69-71(67,68)70-58-56(65)54(63)53(62)55(64)57(58)66/h50-51,53-58,60,62-66H,3-49H2,1-2H3,(H,59,61)(H,67,68)/t50-,51+,53?,54+,55?,56?,57?,58?/m0/s1. The molecule has 424 valence electrons. The van der Waals surface area contributed by atoms with Crippen molar-refractivity contribution in [2.24, 2.45) is 0 Å². The maximum atomic E-state index is 13.0. The highest BCUT2D eigenvalue weighted by Crippen LogP contribution is 2.47. The molecule has 0 bridgehead atoms. The molecule has 8 N–H and O–H groups in total. The molecule has 0 spiro atoms. The van der Waals surface area contributed by atoms with Gasteiger partial charge in [-0.15, -0.1) is 0 Å². The zero-order chi connectivity index (χ0) is 52.1. The van der Waals surface area contributed by atoms with E-state index in [1.165, 1.54) is 231 Å². The monoisotopic (exact) mass is 1030 g/mol. The van der Waals surface area contributed by atoms with Gasteiger partial charge in [0.05, 0.1) is 18.8 Å². The number of amides is 1. The summed E-state index contributed by atoms with van der Waals surface area (Å²) >= 11 is 0. The first-order valence-corrected chi connectivity index (χ1v) is 32.0. The molecule has 1 amide bonds. The summed E-state index contributed by atoms with van der Waals surface area (Å²) in [7, 11) is -5.05. The zero-order valence-corrected chi connectivity index (χ0v) is 47.0. The van der Waals surface area contributed by atoms with Crippen LogP contribution in [0.5, 0.6) is 0 Å². The van der Waals surface area contributed by atoms with Gasteiger partial charge < -0.3 is 40.8 Å². The molecule has 0 aliphatic heterocycles. The molecule has 0 heterocycles. The van der Waals surface area contributed by atoms with Crippen LogP contribution in [0.2, 0.25) is 0 Å². The largest absolute Gasteiger partial charge is 0.472 e. The molecule has 0 radical (unpaired) electrons. The van der Waals surface area contributed by atoms with E-state index in [1.807, 2.05) is 0 Å². The van der Waals surface area contributed by atoms with E-state index in [4.69, 9.17) is 9.05 Å². The fourth-order valence-electron chi connectivity index (χ4n) is 10.3. The Labute approximate surface area is 436 Å². The van der Waals surface area contributed by atoms with Crippen LogP contribution in [0, 0.1) is 0 Å². The minimum atomic E-state index is -5.05. The average Bonchev–Trinajstić information content (AvgIpc) is 3.35. The van der Waals surface area contributed by atoms with Crippen LogP contribution >= 0.6 is 7.82 Å². The summed E-state index contributed by atoms with van der Waals surface area (Å²) < 4.78 is 23.0. The summed E-state index contributed by atoms with van der Waals surface area (Å²) in [4.78, 5) is 23.5. The molecule has 12 nitrogen and oxygen atoms in total. The van der Waals surface area contributed by atoms with Crippen LogP contribution in [0.3, 0.4) is 0 Å². The Bertz CT molecular complexity index is 1200. The zero-order valence-electron chi connectivity index (χ0n) is 46.1. The second kappa shape index (κ2) is 47.8. The third kappa shape index (κ3) is 38.5. The number of phosphoric ester groups is 1. The molecule has 1 aliphatic carbocycles. The van der Waals surface area contributed by atoms with Crippen molar-refractivity contribution in [1.29, 1.82) is 0 Å². The molecule has 9 atom stereocenters. The van der Waals surface area contributed by atoms with Gasteiger partial charge in [-0.05, 0) is 12.8 Å². The molecular formula is C58H116NO11P. The predicted octanol–water partition coefficient (Wildman–Crippen LogP) is 14.1. The topological polar surface area (TPSA) is 206 Å². The van der Waals surface area contributed by atoms with Crippen molar-refractivity contribution in [2.45, 2.75) is 358 Å².